The number of carbonyl (C=O) groups excluding carboxylic acids is 1. The van der Waals surface area contributed by atoms with Gasteiger partial charge in [0.2, 0.25) is 0 Å². The van der Waals surface area contributed by atoms with Crippen LogP contribution in [-0.4, -0.2) is 19.6 Å². The molecule has 0 saturated carbocycles. The number of hydrogen-bond donors (Lipinski definition) is 1. The quantitative estimate of drug-likeness (QED) is 0.914. The number of rotatable bonds is 5. The lowest BCUT2D eigenvalue weighted by Gasteiger charge is -2.08. The highest BCUT2D eigenvalue weighted by Crippen LogP contribution is 2.12. The van der Waals surface area contributed by atoms with E-state index in [1.165, 1.54) is 11.1 Å². The topological polar surface area (TPSA) is 38.3 Å². The molecule has 2 aromatic rings. The molecule has 0 aliphatic rings. The third-order valence-corrected chi connectivity index (χ3v) is 3.63. The molecule has 110 valence electrons. The van der Waals surface area contributed by atoms with Crippen LogP contribution in [0.3, 0.4) is 0 Å². The van der Waals surface area contributed by atoms with E-state index in [-0.39, 0.29) is 5.91 Å². The second kappa shape index (κ2) is 6.93. The zero-order valence-electron chi connectivity index (χ0n) is 12.8. The SMILES string of the molecule is COc1ccc(CCNC(=O)c2ccc(C)c(C)c2)cc1. The molecule has 0 saturated heterocycles. The molecule has 1 amide bonds. The molecule has 21 heavy (non-hydrogen) atoms. The predicted octanol–water partition coefficient (Wildman–Crippen LogP) is 3.28. The molecule has 1 N–H and O–H groups in total. The molecule has 3 nitrogen and oxygen atoms in total. The van der Waals surface area contributed by atoms with Crippen LogP contribution in [0.5, 0.6) is 5.75 Å². The molecule has 2 rings (SSSR count). The van der Waals surface area contributed by atoms with Crippen molar-refractivity contribution in [3.05, 3.63) is 64.7 Å². The Morgan fingerprint density at radius 2 is 1.76 bits per heavy atom. The van der Waals surface area contributed by atoms with Gasteiger partial charge in [-0.15, -0.1) is 0 Å². The molecule has 0 fully saturated rings. The van der Waals surface area contributed by atoms with E-state index in [0.29, 0.717) is 12.1 Å². The number of benzene rings is 2. The number of aryl methyl sites for hydroxylation is 2. The minimum Gasteiger partial charge on any atom is -0.497 e. The van der Waals surface area contributed by atoms with Gasteiger partial charge in [-0.05, 0) is 61.2 Å². The van der Waals surface area contributed by atoms with Gasteiger partial charge in [0, 0.05) is 12.1 Å². The maximum atomic E-state index is 12.1. The Hall–Kier alpha value is -2.29. The number of hydrogen-bond acceptors (Lipinski definition) is 2. The van der Waals surface area contributed by atoms with Gasteiger partial charge in [0.25, 0.3) is 5.91 Å². The van der Waals surface area contributed by atoms with Crippen LogP contribution >= 0.6 is 0 Å². The number of carbonyl (C=O) groups is 1. The molecule has 2 aromatic carbocycles. The highest BCUT2D eigenvalue weighted by Gasteiger charge is 2.06. The van der Waals surface area contributed by atoms with E-state index in [0.717, 1.165) is 17.7 Å². The van der Waals surface area contributed by atoms with Gasteiger partial charge in [-0.1, -0.05) is 18.2 Å². The molecular formula is C18H21NO2. The first-order chi connectivity index (χ1) is 10.1. The summed E-state index contributed by atoms with van der Waals surface area (Å²) in [6, 6.07) is 13.7. The van der Waals surface area contributed by atoms with Crippen molar-refractivity contribution in [2.45, 2.75) is 20.3 Å². The fraction of sp³-hybridized carbons (Fsp3) is 0.278. The first-order valence-electron chi connectivity index (χ1n) is 7.08. The van der Waals surface area contributed by atoms with Gasteiger partial charge in [0.15, 0.2) is 0 Å². The van der Waals surface area contributed by atoms with Gasteiger partial charge in [0.05, 0.1) is 7.11 Å². The summed E-state index contributed by atoms with van der Waals surface area (Å²) in [7, 11) is 1.65. The Morgan fingerprint density at radius 1 is 1.05 bits per heavy atom. The second-order valence-corrected chi connectivity index (χ2v) is 5.15. The van der Waals surface area contributed by atoms with E-state index in [1.54, 1.807) is 7.11 Å². The number of nitrogens with one attached hydrogen (secondary N) is 1. The summed E-state index contributed by atoms with van der Waals surface area (Å²) in [5, 5.41) is 2.95. The van der Waals surface area contributed by atoms with Gasteiger partial charge < -0.3 is 10.1 Å². The smallest absolute Gasteiger partial charge is 0.251 e. The van der Waals surface area contributed by atoms with Gasteiger partial charge in [0.1, 0.15) is 5.75 Å². The Balaban J connectivity index is 1.87. The maximum Gasteiger partial charge on any atom is 0.251 e. The monoisotopic (exact) mass is 283 g/mol. The van der Waals surface area contributed by atoms with Crippen LogP contribution in [0.1, 0.15) is 27.0 Å². The van der Waals surface area contributed by atoms with E-state index in [9.17, 15) is 4.79 Å². The molecule has 3 heteroatoms. The summed E-state index contributed by atoms with van der Waals surface area (Å²) in [5.41, 5.74) is 4.23. The normalized spacial score (nSPS) is 10.2. The summed E-state index contributed by atoms with van der Waals surface area (Å²) >= 11 is 0. The van der Waals surface area contributed by atoms with Gasteiger partial charge in [-0.25, -0.2) is 0 Å². The first kappa shape index (κ1) is 15.1. The summed E-state index contributed by atoms with van der Waals surface area (Å²) < 4.78 is 5.12. The van der Waals surface area contributed by atoms with E-state index < -0.39 is 0 Å². The van der Waals surface area contributed by atoms with Crippen LogP contribution in [0, 0.1) is 13.8 Å². The maximum absolute atomic E-state index is 12.1. The molecule has 0 spiro atoms. The van der Waals surface area contributed by atoms with Crippen molar-refractivity contribution in [2.24, 2.45) is 0 Å². The summed E-state index contributed by atoms with van der Waals surface area (Å²) in [6.45, 7) is 4.68. The molecule has 0 atom stereocenters. The third kappa shape index (κ3) is 4.09. The van der Waals surface area contributed by atoms with E-state index in [1.807, 2.05) is 56.3 Å². The van der Waals surface area contributed by atoms with Crippen molar-refractivity contribution in [1.29, 1.82) is 0 Å². The molecule has 0 unspecified atom stereocenters. The van der Waals surface area contributed by atoms with Gasteiger partial charge in [-0.3, -0.25) is 4.79 Å². The standard InChI is InChI=1S/C18H21NO2/c1-13-4-7-16(12-14(13)2)18(20)19-11-10-15-5-8-17(21-3)9-6-15/h4-9,12H,10-11H2,1-3H3,(H,19,20). The van der Waals surface area contributed by atoms with Crippen molar-refractivity contribution in [2.75, 3.05) is 13.7 Å². The van der Waals surface area contributed by atoms with Crippen LogP contribution < -0.4 is 10.1 Å². The van der Waals surface area contributed by atoms with E-state index in [4.69, 9.17) is 4.74 Å². The van der Waals surface area contributed by atoms with Gasteiger partial charge >= 0.3 is 0 Å². The van der Waals surface area contributed by atoms with Crippen molar-refractivity contribution < 1.29 is 9.53 Å². The molecule has 0 heterocycles. The molecular weight excluding hydrogens is 262 g/mol. The number of amides is 1. The van der Waals surface area contributed by atoms with E-state index >= 15 is 0 Å². The minimum atomic E-state index is -0.0217. The highest BCUT2D eigenvalue weighted by molar-refractivity contribution is 5.94. The molecule has 0 bridgehead atoms. The summed E-state index contributed by atoms with van der Waals surface area (Å²) in [5.74, 6) is 0.824. The molecule has 0 aromatic heterocycles. The van der Waals surface area contributed by atoms with Crippen LogP contribution in [0.25, 0.3) is 0 Å². The molecule has 0 aliphatic heterocycles. The van der Waals surface area contributed by atoms with Crippen molar-refractivity contribution in [1.82, 2.24) is 5.32 Å². The van der Waals surface area contributed by atoms with Gasteiger partial charge in [-0.2, -0.15) is 0 Å². The highest BCUT2D eigenvalue weighted by atomic mass is 16.5. The van der Waals surface area contributed by atoms with Crippen molar-refractivity contribution in [3.63, 3.8) is 0 Å². The third-order valence-electron chi connectivity index (χ3n) is 3.63. The largest absolute Gasteiger partial charge is 0.497 e. The van der Waals surface area contributed by atoms with Crippen molar-refractivity contribution in [3.8, 4) is 5.75 Å². The Bertz CT molecular complexity index is 618. The fourth-order valence-electron chi connectivity index (χ4n) is 2.10. The summed E-state index contributed by atoms with van der Waals surface area (Å²) in [6.07, 6.45) is 0.806. The minimum absolute atomic E-state index is 0.0217. The second-order valence-electron chi connectivity index (χ2n) is 5.15. The average molecular weight is 283 g/mol. The average Bonchev–Trinajstić information content (AvgIpc) is 2.50. The zero-order chi connectivity index (χ0) is 15.2. The molecule has 0 aliphatic carbocycles. The Labute approximate surface area is 126 Å². The van der Waals surface area contributed by atoms with Crippen LogP contribution in [0.2, 0.25) is 0 Å². The van der Waals surface area contributed by atoms with E-state index in [2.05, 4.69) is 5.32 Å². The first-order valence-corrected chi connectivity index (χ1v) is 7.08. The predicted molar refractivity (Wildman–Crippen MR) is 84.9 cm³/mol. The van der Waals surface area contributed by atoms with Crippen LogP contribution in [-0.2, 0) is 6.42 Å². The fourth-order valence-corrected chi connectivity index (χ4v) is 2.10. The van der Waals surface area contributed by atoms with Crippen LogP contribution in [0.15, 0.2) is 42.5 Å². The van der Waals surface area contributed by atoms with Crippen LogP contribution in [0.4, 0.5) is 0 Å². The molecule has 0 radical (unpaired) electrons. The summed E-state index contributed by atoms with van der Waals surface area (Å²) in [4.78, 5) is 12.1. The number of methoxy groups -OCH3 is 1. The van der Waals surface area contributed by atoms with Crippen molar-refractivity contribution >= 4 is 5.91 Å². The lowest BCUT2D eigenvalue weighted by molar-refractivity contribution is 0.0954. The zero-order valence-corrected chi connectivity index (χ0v) is 12.8. The lowest BCUT2D eigenvalue weighted by Crippen LogP contribution is -2.25. The lowest BCUT2D eigenvalue weighted by atomic mass is 10.1. The Morgan fingerprint density at radius 3 is 2.38 bits per heavy atom. The number of ether oxygens (including phenoxy) is 1. The Kier molecular flexibility index (Phi) is 4.99.